The van der Waals surface area contributed by atoms with E-state index in [0.29, 0.717) is 0 Å². The van der Waals surface area contributed by atoms with Crippen LogP contribution in [0.5, 0.6) is 0 Å². The van der Waals surface area contributed by atoms with Gasteiger partial charge in [-0.15, -0.1) is 0 Å². The van der Waals surface area contributed by atoms with Gasteiger partial charge < -0.3 is 13.6 Å². The molecule has 6 nitrogen and oxygen atoms in total. The lowest BCUT2D eigenvalue weighted by atomic mass is 10.9. The van der Waals surface area contributed by atoms with Crippen molar-refractivity contribution in [1.29, 1.82) is 0 Å². The molecule has 0 saturated heterocycles. The molecule has 0 aromatic heterocycles. The third kappa shape index (κ3) is 5.04. The third-order valence-corrected chi connectivity index (χ3v) is 7.55. The molecule has 0 aromatic rings. The SMILES string of the molecule is C=C(P(=O)(OCC)OCC)P(=O)(OCC)OCI. The van der Waals surface area contributed by atoms with Crippen LogP contribution in [-0.4, -0.2) is 24.4 Å². The van der Waals surface area contributed by atoms with Crippen LogP contribution in [0.15, 0.2) is 11.6 Å². The second-order valence-electron chi connectivity index (χ2n) is 2.90. The molecule has 1 unspecified atom stereocenters. The first-order valence-corrected chi connectivity index (χ1v) is 10.1. The van der Waals surface area contributed by atoms with Gasteiger partial charge in [-0.2, -0.15) is 0 Å². The lowest BCUT2D eigenvalue weighted by Crippen LogP contribution is -2.03. The van der Waals surface area contributed by atoms with Crippen molar-refractivity contribution in [2.75, 3.05) is 24.4 Å². The second kappa shape index (κ2) is 8.84. The summed E-state index contributed by atoms with van der Waals surface area (Å²) in [6, 6.07) is 0. The first kappa shape index (κ1) is 18.8. The van der Waals surface area contributed by atoms with Gasteiger partial charge in [0.05, 0.1) is 19.8 Å². The summed E-state index contributed by atoms with van der Waals surface area (Å²) in [5.41, 5.74) is 0. The first-order valence-electron chi connectivity index (χ1n) is 5.44. The average Bonchev–Trinajstić information content (AvgIpc) is 2.29. The van der Waals surface area contributed by atoms with Crippen LogP contribution < -0.4 is 0 Å². The Kier molecular flexibility index (Phi) is 9.22. The highest BCUT2D eigenvalue weighted by molar-refractivity contribution is 14.1. The van der Waals surface area contributed by atoms with Crippen molar-refractivity contribution in [2.24, 2.45) is 0 Å². The van der Waals surface area contributed by atoms with E-state index in [0.717, 1.165) is 0 Å². The van der Waals surface area contributed by atoms with Crippen LogP contribution in [0, 0.1) is 0 Å². The first-order chi connectivity index (χ1) is 8.40. The zero-order valence-electron chi connectivity index (χ0n) is 10.8. The zero-order chi connectivity index (χ0) is 14.2. The van der Waals surface area contributed by atoms with E-state index in [9.17, 15) is 9.13 Å². The van der Waals surface area contributed by atoms with E-state index in [1.807, 2.05) is 22.6 Å². The van der Waals surface area contributed by atoms with Crippen LogP contribution in [0.4, 0.5) is 0 Å². The number of hydrogen-bond donors (Lipinski definition) is 0. The molecule has 108 valence electrons. The fraction of sp³-hybridized carbons (Fsp3) is 0.778. The standard InChI is InChI=1S/C9H19IO6P2/c1-5-13-17(11,14-6-2)9(4)18(12,15-7-3)16-8-10/h4-8H2,1-3H3. The minimum absolute atomic E-state index is 0.117. The number of alkyl halides is 1. The molecular formula is C9H19IO6P2. The summed E-state index contributed by atoms with van der Waals surface area (Å²) < 4.78 is 45.2. The summed E-state index contributed by atoms with van der Waals surface area (Å²) >= 11 is 1.87. The molecule has 18 heavy (non-hydrogen) atoms. The highest BCUT2D eigenvalue weighted by Crippen LogP contribution is 2.73. The highest BCUT2D eigenvalue weighted by Gasteiger charge is 2.43. The Balaban J connectivity index is 5.25. The molecule has 0 aromatic carbocycles. The Morgan fingerprint density at radius 1 is 0.944 bits per heavy atom. The van der Waals surface area contributed by atoms with Crippen molar-refractivity contribution < 1.29 is 27.2 Å². The van der Waals surface area contributed by atoms with Crippen molar-refractivity contribution in [3.05, 3.63) is 11.6 Å². The lowest BCUT2D eigenvalue weighted by Gasteiger charge is -2.24. The van der Waals surface area contributed by atoms with Crippen molar-refractivity contribution in [3.63, 3.8) is 0 Å². The van der Waals surface area contributed by atoms with Crippen molar-refractivity contribution in [2.45, 2.75) is 20.8 Å². The zero-order valence-corrected chi connectivity index (χ0v) is 14.7. The van der Waals surface area contributed by atoms with Crippen molar-refractivity contribution in [1.82, 2.24) is 0 Å². The quantitative estimate of drug-likeness (QED) is 0.302. The topological polar surface area (TPSA) is 71.1 Å². The Labute approximate surface area is 122 Å². The van der Waals surface area contributed by atoms with Gasteiger partial charge >= 0.3 is 15.2 Å². The van der Waals surface area contributed by atoms with Crippen LogP contribution in [0.25, 0.3) is 0 Å². The number of hydrogen-bond acceptors (Lipinski definition) is 6. The maximum Gasteiger partial charge on any atom is 0.369 e. The fourth-order valence-corrected chi connectivity index (χ4v) is 5.98. The summed E-state index contributed by atoms with van der Waals surface area (Å²) in [5.74, 6) is 0. The number of halogens is 1. The van der Waals surface area contributed by atoms with E-state index in [1.165, 1.54) is 0 Å². The van der Waals surface area contributed by atoms with Crippen LogP contribution >= 0.6 is 37.8 Å². The molecule has 0 spiro atoms. The maximum atomic E-state index is 12.4. The Morgan fingerprint density at radius 2 is 1.28 bits per heavy atom. The molecule has 0 bridgehead atoms. The van der Waals surface area contributed by atoms with Gasteiger partial charge in [0, 0.05) is 0 Å². The molecule has 0 fully saturated rings. The van der Waals surface area contributed by atoms with E-state index in [2.05, 4.69) is 6.58 Å². The minimum Gasteiger partial charge on any atom is -0.305 e. The molecule has 1 atom stereocenters. The highest BCUT2D eigenvalue weighted by atomic mass is 127. The van der Waals surface area contributed by atoms with Crippen LogP contribution in [-0.2, 0) is 27.2 Å². The molecule has 0 aliphatic carbocycles. The van der Waals surface area contributed by atoms with Gasteiger partial charge in [-0.1, -0.05) is 29.2 Å². The molecule has 0 rings (SSSR count). The van der Waals surface area contributed by atoms with Crippen LogP contribution in [0.3, 0.4) is 0 Å². The summed E-state index contributed by atoms with van der Waals surface area (Å²) in [4.78, 5) is 0. The van der Waals surface area contributed by atoms with Gasteiger partial charge in [-0.3, -0.25) is 13.7 Å². The minimum atomic E-state index is -3.71. The molecule has 0 saturated carbocycles. The van der Waals surface area contributed by atoms with E-state index in [4.69, 9.17) is 18.1 Å². The van der Waals surface area contributed by atoms with E-state index in [1.54, 1.807) is 20.8 Å². The monoisotopic (exact) mass is 412 g/mol. The molecule has 0 heterocycles. The number of rotatable bonds is 10. The predicted octanol–water partition coefficient (Wildman–Crippen LogP) is 4.36. The van der Waals surface area contributed by atoms with Crippen molar-refractivity contribution >= 4 is 37.8 Å². The Morgan fingerprint density at radius 3 is 1.56 bits per heavy atom. The fourth-order valence-electron chi connectivity index (χ4n) is 1.10. The largest absolute Gasteiger partial charge is 0.369 e. The molecular weight excluding hydrogens is 393 g/mol. The Bertz CT molecular complexity index is 307. The Hall–Kier alpha value is 0.770. The summed E-state index contributed by atoms with van der Waals surface area (Å²) in [5, 5.41) is -0.253. The smallest absolute Gasteiger partial charge is 0.305 e. The van der Waals surface area contributed by atoms with Gasteiger partial charge in [0.2, 0.25) is 0 Å². The van der Waals surface area contributed by atoms with E-state index in [-0.39, 0.29) is 29.5 Å². The van der Waals surface area contributed by atoms with Gasteiger partial charge in [-0.05, 0) is 20.8 Å². The average molecular weight is 412 g/mol. The van der Waals surface area contributed by atoms with Crippen LogP contribution in [0.1, 0.15) is 20.8 Å². The van der Waals surface area contributed by atoms with E-state index < -0.39 is 15.2 Å². The van der Waals surface area contributed by atoms with Gasteiger partial charge in [0.1, 0.15) is 9.67 Å². The molecule has 0 radical (unpaired) electrons. The second-order valence-corrected chi connectivity index (χ2v) is 7.98. The molecule has 9 heteroatoms. The van der Waals surface area contributed by atoms with Crippen LogP contribution in [0.2, 0.25) is 0 Å². The molecule has 0 N–H and O–H groups in total. The molecule has 0 aliphatic heterocycles. The maximum absolute atomic E-state index is 12.4. The molecule has 0 aliphatic rings. The third-order valence-electron chi connectivity index (χ3n) is 1.75. The predicted molar refractivity (Wildman–Crippen MR) is 79.2 cm³/mol. The lowest BCUT2D eigenvalue weighted by molar-refractivity contribution is 0.221. The van der Waals surface area contributed by atoms with Crippen molar-refractivity contribution in [3.8, 4) is 0 Å². The van der Waals surface area contributed by atoms with Gasteiger partial charge in [0.15, 0.2) is 0 Å². The summed E-state index contributed by atoms with van der Waals surface area (Å²) in [6.07, 6.45) is 0. The summed E-state index contributed by atoms with van der Waals surface area (Å²) in [7, 11) is -7.41. The molecule has 0 amide bonds. The van der Waals surface area contributed by atoms with Gasteiger partial charge in [0.25, 0.3) is 0 Å². The normalized spacial score (nSPS) is 15.3. The summed E-state index contributed by atoms with van der Waals surface area (Å²) in [6.45, 7) is 8.95. The van der Waals surface area contributed by atoms with E-state index >= 15 is 0 Å². The van der Waals surface area contributed by atoms with Gasteiger partial charge in [-0.25, -0.2) is 0 Å².